The minimum absolute atomic E-state index is 0.0418. The molecule has 1 saturated carbocycles. The van der Waals surface area contributed by atoms with Crippen molar-refractivity contribution < 1.29 is 141 Å². The van der Waals surface area contributed by atoms with Gasteiger partial charge >= 0.3 is 56.3 Å². The van der Waals surface area contributed by atoms with Gasteiger partial charge in [-0.25, -0.2) is 9.59 Å². The highest BCUT2D eigenvalue weighted by molar-refractivity contribution is 14.1. The monoisotopic (exact) mass is 2220 g/mol. The fraction of sp³-hybridized carbons (Fsp3) is 0.510. The zero-order valence-electron chi connectivity index (χ0n) is 87.1. The summed E-state index contributed by atoms with van der Waals surface area (Å²) in [4.78, 5) is 77.4. The van der Waals surface area contributed by atoms with E-state index in [2.05, 4.69) is 128 Å². The van der Waals surface area contributed by atoms with Crippen LogP contribution in [0.2, 0.25) is 1.41 Å². The molecule has 147 heavy (non-hydrogen) atoms. The number of allylic oxidation sites excluding steroid dienone is 6. The van der Waals surface area contributed by atoms with Gasteiger partial charge in [0.15, 0.2) is 18.9 Å². The zero-order valence-corrected chi connectivity index (χ0v) is 89.9. The van der Waals surface area contributed by atoms with E-state index in [-0.39, 0.29) is 100 Å². The molecule has 1 atom stereocenters. The average molecular weight is 2220 g/mol. The summed E-state index contributed by atoms with van der Waals surface area (Å²) in [5.74, 6) is -1.37. The number of aromatic nitrogens is 10. The van der Waals surface area contributed by atoms with Crippen LogP contribution < -0.4 is 14.3 Å². The van der Waals surface area contributed by atoms with Crippen LogP contribution in [0.25, 0.3) is 22.3 Å². The number of nitrogens with two attached hydrogens (primary N) is 1. The van der Waals surface area contributed by atoms with Crippen molar-refractivity contribution in [3.63, 3.8) is 0 Å². The molecule has 8 aromatic rings. The molecule has 35 nitrogen and oxygen atoms in total. The average Bonchev–Trinajstić information content (AvgIpc) is 1.60. The number of phenols is 5. The van der Waals surface area contributed by atoms with Crippen LogP contribution in [0.3, 0.4) is 0 Å². The Morgan fingerprint density at radius 3 is 1.29 bits per heavy atom. The molecule has 6 aliphatic carbocycles. The van der Waals surface area contributed by atoms with Crippen molar-refractivity contribution >= 4 is 121 Å². The Labute approximate surface area is 869 Å². The highest BCUT2D eigenvalue weighted by Gasteiger charge is 2.58. The normalized spacial score (nSPS) is 16.3. The Balaban J connectivity index is 0.000000257. The van der Waals surface area contributed by atoms with E-state index >= 15 is 0 Å². The standard InChI is InChI=1S/2C19H22N2O3.C14H20N2O2.C12H21BN2O2.C12H18N2O.C9H14O2.C8H12O3.C7H6O3.C2F6O5S2.H2IN/c1-13(2)21-17(9-10-20-21)15-6-3-5-14(15)12-24-19-8-4-7-18(23)16(19)11-22;1-12(2)21-17(8-9-20-21)15-5-3-4-13(15)10-14-6-7-18(23)16(11-22)19(14)24;1-4-18-14(17)12-7-5-6-11(12)13-8-9-15-16(13)10(2)3;1-9(2)15-10(7-8-14-15)13-16-11(3,4)12(5,6)17-13;1-9(2)14-12(6-7-13-14)11-5-3-4-10(11)8-15;1-3-11-9(10)8-6-4-5-7(8)2;1-2-11-8(10)6-4-3-5-7(6)9;8-4-5-6(9)2-1-3-7(5)10;3-1(4,5)14(9,10)13-15(11,12)2(6,7)8;1-2/h4,7-11,13,23H,3,5-6,12H2,1-2H3;6-9,11-12,23-24H,3-5,10H2,1-2H3;8-10H,4-7H2,1-3H3;7-9H,1-6H3;6-7,9,15H,3-5,8H2,1-2H3;3-6H2,1-2H3;6H,2-5H2,1H3;1-4,9-10H;;2H2/i/hT. The molecule has 8 N–H and O–H groups in total. The minimum atomic E-state index is -6.85. The molecule has 2 fully saturated rings. The van der Waals surface area contributed by atoms with Gasteiger partial charge in [-0.2, -0.15) is 68.7 Å². The predicted octanol–water partition coefficient (Wildman–Crippen LogP) is 19.9. The Morgan fingerprint density at radius 2 is 0.878 bits per heavy atom. The fourth-order valence-electron chi connectivity index (χ4n) is 16.7. The predicted molar refractivity (Wildman–Crippen MR) is 550 cm³/mol. The molecule has 3 aromatic carbocycles. The smallest absolute Gasteiger partial charge is 0.507 e. The third-order valence-electron chi connectivity index (χ3n) is 24.7. The lowest BCUT2D eigenvalue weighted by atomic mass is 9.84. The first kappa shape index (κ1) is 122. The molecule has 5 aromatic heterocycles. The largest absolute Gasteiger partial charge is 0.524 e. The van der Waals surface area contributed by atoms with Crippen molar-refractivity contribution in [1.82, 2.24) is 48.9 Å². The van der Waals surface area contributed by atoms with E-state index in [1.54, 1.807) is 60.4 Å². The number of ketones is 1. The number of rotatable bonds is 27. The Kier molecular flexibility index (Phi) is 47.6. The van der Waals surface area contributed by atoms with E-state index in [0.29, 0.717) is 100 Å². The maximum atomic E-state index is 11.9. The summed E-state index contributed by atoms with van der Waals surface area (Å²) in [7, 11) is -14.0. The van der Waals surface area contributed by atoms with Gasteiger partial charge in [-0.15, -0.1) is 3.63 Å². The van der Waals surface area contributed by atoms with Crippen molar-refractivity contribution in [2.24, 2.45) is 9.86 Å². The number of phenolic OH excluding ortho intramolecular Hbond substituents is 5. The van der Waals surface area contributed by atoms with Crippen LogP contribution in [0, 0.1) is 5.92 Å². The number of carbonyl (C=O) groups is 7. The van der Waals surface area contributed by atoms with E-state index in [4.69, 9.17) is 39.9 Å². The summed E-state index contributed by atoms with van der Waals surface area (Å²) < 4.78 is 161. The Hall–Kier alpha value is -11.6. The van der Waals surface area contributed by atoms with Crippen LogP contribution in [-0.2, 0) is 73.0 Å². The Morgan fingerprint density at radius 1 is 0.503 bits per heavy atom. The number of aliphatic hydroxyl groups excluding tert-OH is 1. The minimum Gasteiger partial charge on any atom is -0.507 e. The van der Waals surface area contributed by atoms with E-state index in [1.165, 1.54) is 75.0 Å². The molecule has 0 spiro atoms. The molecule has 15 rings (SSSR count). The van der Waals surface area contributed by atoms with Crippen LogP contribution in [0.4, 0.5) is 26.3 Å². The summed E-state index contributed by atoms with van der Waals surface area (Å²) in [6.07, 6.45) is 28.5. The van der Waals surface area contributed by atoms with Crippen LogP contribution in [0.1, 0.15) is 330 Å². The number of nitrogens with zero attached hydrogens (tertiary/aromatic N) is 10. The lowest BCUT2D eigenvalue weighted by Crippen LogP contribution is -2.41. The molecule has 1 unspecified atom stereocenters. The number of aldehydes is 3. The van der Waals surface area contributed by atoms with Crippen LogP contribution in [0.5, 0.6) is 34.5 Å². The lowest BCUT2D eigenvalue weighted by molar-refractivity contribution is -0.150. The van der Waals surface area contributed by atoms with Gasteiger partial charge in [-0.05, 0) is 340 Å². The number of alkyl halides is 6. The summed E-state index contributed by atoms with van der Waals surface area (Å²) in [5.41, 5.74) is 4.77. The zero-order chi connectivity index (χ0) is 111. The van der Waals surface area contributed by atoms with E-state index in [9.17, 15) is 97.2 Å². The molecule has 0 radical (unpaired) electrons. The maximum Gasteiger partial charge on any atom is 0.524 e. The van der Waals surface area contributed by atoms with E-state index in [0.717, 1.165) is 142 Å². The summed E-state index contributed by atoms with van der Waals surface area (Å²) in [6.45, 7) is 38.6. The van der Waals surface area contributed by atoms with Crippen molar-refractivity contribution in [1.29, 1.82) is 0 Å². The first-order valence-electron chi connectivity index (χ1n) is 48.8. The lowest BCUT2D eigenvalue weighted by Gasteiger charge is -2.32. The molecule has 7 aliphatic rings. The topological polar surface area (TPSA) is 489 Å². The molecule has 1 saturated heterocycles. The van der Waals surface area contributed by atoms with Gasteiger partial charge in [0, 0.05) is 102 Å². The number of benzene rings is 3. The van der Waals surface area contributed by atoms with E-state index in [1.807, 2.05) is 94.6 Å². The number of aliphatic hydroxyl groups is 1. The molecular formula is C102H137BF6IN11O24S2. The van der Waals surface area contributed by atoms with Gasteiger partial charge < -0.3 is 58.9 Å². The number of hydrogen-bond donors (Lipinski definition) is 7. The third kappa shape index (κ3) is 33.7. The molecule has 0 bridgehead atoms. The number of aromatic hydroxyl groups is 5. The van der Waals surface area contributed by atoms with Crippen molar-refractivity contribution in [2.45, 2.75) is 299 Å². The molecule has 45 heteroatoms. The number of hydrogen-bond acceptors (Lipinski definition) is 30. The number of halogens is 7. The summed E-state index contributed by atoms with van der Waals surface area (Å²) in [5, 5.41) is 78.5. The van der Waals surface area contributed by atoms with Gasteiger partial charge in [-0.1, -0.05) is 29.3 Å². The Bertz CT molecular complexity index is 6140. The van der Waals surface area contributed by atoms with Crippen LogP contribution in [0.15, 0.2) is 143 Å². The summed E-state index contributed by atoms with van der Waals surface area (Å²) >= 11 is 1.70. The first-order valence-corrected chi connectivity index (χ1v) is 52.2. The van der Waals surface area contributed by atoms with Gasteiger partial charge in [0.2, 0.25) is 0 Å². The molecule has 808 valence electrons. The SMILES string of the molecule is CC(C)n1nccc1B1OC(C)(C)C(C)(C)O1.CC(C)n1nccc1C1=C(CO)CCC1.CC(C)n1nccc1C1=C(COc2cccc(O)c2C=O)CCC1.CC(C)n1nccc1C1=C(Cc2ccc(O)c(C=O)c2O)CCC1.CCOC(=O)C1=C(C)CCC1.CCOC(=O)C1=C(c2ccnn2C(C)C)CCC1.CCOC(=O)C1CCCC1=O.O=Cc1c(O)cccc1O.O=S(=O)(OS(=O)(=O)C(F)(F)F)C(F)(F)F.[3H]NI. The highest BCUT2D eigenvalue weighted by atomic mass is 127. The first-order chi connectivity index (χ1) is 69.6. The second-order valence-corrected chi connectivity index (χ2v) is 40.3. The molecule has 1 aliphatic heterocycles. The van der Waals surface area contributed by atoms with Crippen molar-refractivity contribution in [3.05, 3.63) is 188 Å². The van der Waals surface area contributed by atoms with Gasteiger partial charge in [0.05, 0.1) is 82.7 Å². The van der Waals surface area contributed by atoms with Gasteiger partial charge in [0.25, 0.3) is 0 Å². The molecule has 6 heterocycles. The number of carbonyl (C=O) groups excluding carboxylic acids is 7. The van der Waals surface area contributed by atoms with Crippen molar-refractivity contribution in [2.75, 3.05) is 33.0 Å². The number of ether oxygens (including phenoxy) is 4. The number of Topliss-reactive ketones (excluding diaryl/α,β-unsaturated/α-hetero) is 1. The fourth-order valence-corrected chi connectivity index (χ4v) is 18.3. The quantitative estimate of drug-likeness (QED) is 0.00289. The molecule has 0 amide bonds. The molecular weight excluding hydrogens is 2080 g/mol. The van der Waals surface area contributed by atoms with Crippen LogP contribution >= 0.6 is 22.9 Å². The highest BCUT2D eigenvalue weighted by Crippen LogP contribution is 2.44. The third-order valence-corrected chi connectivity index (χ3v) is 27.2. The maximum absolute atomic E-state index is 11.9. The van der Waals surface area contributed by atoms with Crippen molar-refractivity contribution in [3.8, 4) is 34.5 Å². The van der Waals surface area contributed by atoms with Gasteiger partial charge in [-0.3, -0.25) is 51.3 Å². The summed E-state index contributed by atoms with van der Waals surface area (Å²) in [6, 6.07) is 23.8. The second-order valence-electron chi connectivity index (χ2n) is 37.0. The van der Waals surface area contributed by atoms with Crippen LogP contribution in [-0.4, -0.2) is 201 Å². The van der Waals surface area contributed by atoms with E-state index < -0.39 is 37.2 Å². The van der Waals surface area contributed by atoms with Gasteiger partial charge in [0.1, 0.15) is 54.2 Å². The number of esters is 3. The second kappa shape index (κ2) is 57.2.